The van der Waals surface area contributed by atoms with Gasteiger partial charge in [-0.1, -0.05) is 26.0 Å². The van der Waals surface area contributed by atoms with Gasteiger partial charge in [0.05, 0.1) is 16.7 Å². The van der Waals surface area contributed by atoms with E-state index in [2.05, 4.69) is 24.4 Å². The Balaban J connectivity index is 1.44. The minimum atomic E-state index is -0.636. The van der Waals surface area contributed by atoms with Crippen LogP contribution in [-0.2, 0) is 4.79 Å². The van der Waals surface area contributed by atoms with Crippen LogP contribution in [0.2, 0.25) is 0 Å². The van der Waals surface area contributed by atoms with E-state index in [1.54, 1.807) is 24.3 Å². The summed E-state index contributed by atoms with van der Waals surface area (Å²) in [4.78, 5) is 34.3. The van der Waals surface area contributed by atoms with Gasteiger partial charge in [0.2, 0.25) is 0 Å². The fourth-order valence-corrected chi connectivity index (χ4v) is 3.00. The predicted octanol–water partition coefficient (Wildman–Crippen LogP) is 4.86. The first-order valence-electron chi connectivity index (χ1n) is 11.0. The number of nitrogens with one attached hydrogen (secondary N) is 1. The predicted molar refractivity (Wildman–Crippen MR) is 131 cm³/mol. The fourth-order valence-electron chi connectivity index (χ4n) is 3.00. The van der Waals surface area contributed by atoms with Crippen LogP contribution in [0.25, 0.3) is 0 Å². The van der Waals surface area contributed by atoms with E-state index < -0.39 is 16.8 Å². The molecule has 0 aromatic heterocycles. The second-order valence-electron chi connectivity index (χ2n) is 7.72. The summed E-state index contributed by atoms with van der Waals surface area (Å²) in [6.45, 7) is 4.12. The average molecular weight is 476 g/mol. The van der Waals surface area contributed by atoms with Crippen LogP contribution in [0.5, 0.6) is 11.5 Å². The van der Waals surface area contributed by atoms with Crippen molar-refractivity contribution >= 4 is 23.8 Å². The normalized spacial score (nSPS) is 11.6. The van der Waals surface area contributed by atoms with Crippen LogP contribution >= 0.6 is 0 Å². The number of carbonyl (C=O) groups is 2. The zero-order valence-electron chi connectivity index (χ0n) is 19.3. The number of non-ortho nitro benzene ring substituents is 1. The Bertz CT molecular complexity index is 1190. The van der Waals surface area contributed by atoms with Gasteiger partial charge in [-0.05, 0) is 72.0 Å². The standard InChI is InChI=1S/C26H25N3O6/c1-3-18(2)20-8-14-23(15-9-20)34-17-25(30)28-27-16-19-4-12-24(13-5-19)35-26(31)21-6-10-22(11-7-21)29(32)33/h4-16,18H,3,17H2,1-2H3,(H,28,30)/b27-16-/t18-/m1/s1. The van der Waals surface area contributed by atoms with E-state index in [0.29, 0.717) is 23.0 Å². The Hall–Kier alpha value is -4.53. The van der Waals surface area contributed by atoms with Crippen molar-refractivity contribution in [2.24, 2.45) is 5.10 Å². The number of nitro groups is 1. The second-order valence-corrected chi connectivity index (χ2v) is 7.72. The molecular formula is C26H25N3O6. The molecule has 0 aliphatic heterocycles. The quantitative estimate of drug-likeness (QED) is 0.147. The molecule has 3 aromatic carbocycles. The number of amides is 1. The molecule has 0 heterocycles. The van der Waals surface area contributed by atoms with Crippen molar-refractivity contribution in [3.05, 3.63) is 99.6 Å². The highest BCUT2D eigenvalue weighted by Crippen LogP contribution is 2.21. The maximum Gasteiger partial charge on any atom is 0.343 e. The lowest BCUT2D eigenvalue weighted by Gasteiger charge is -2.10. The molecule has 0 spiro atoms. The molecule has 3 aromatic rings. The number of nitrogens with zero attached hydrogens (tertiary/aromatic N) is 2. The van der Waals surface area contributed by atoms with Crippen molar-refractivity contribution in [3.8, 4) is 11.5 Å². The average Bonchev–Trinajstić information content (AvgIpc) is 2.88. The van der Waals surface area contributed by atoms with E-state index in [9.17, 15) is 19.7 Å². The molecule has 1 atom stereocenters. The largest absolute Gasteiger partial charge is 0.484 e. The molecule has 0 unspecified atom stereocenters. The van der Waals surface area contributed by atoms with E-state index in [-0.39, 0.29) is 17.9 Å². The van der Waals surface area contributed by atoms with Gasteiger partial charge in [-0.3, -0.25) is 14.9 Å². The highest BCUT2D eigenvalue weighted by molar-refractivity contribution is 5.91. The van der Waals surface area contributed by atoms with Crippen LogP contribution < -0.4 is 14.9 Å². The number of hydrogen-bond acceptors (Lipinski definition) is 7. The topological polar surface area (TPSA) is 120 Å². The highest BCUT2D eigenvalue weighted by atomic mass is 16.6. The van der Waals surface area contributed by atoms with Gasteiger partial charge in [-0.2, -0.15) is 5.10 Å². The van der Waals surface area contributed by atoms with Crippen LogP contribution in [0, 0.1) is 10.1 Å². The molecule has 180 valence electrons. The highest BCUT2D eigenvalue weighted by Gasteiger charge is 2.11. The van der Waals surface area contributed by atoms with Crippen molar-refractivity contribution in [2.45, 2.75) is 26.2 Å². The summed E-state index contributed by atoms with van der Waals surface area (Å²) >= 11 is 0. The zero-order chi connectivity index (χ0) is 25.2. The summed E-state index contributed by atoms with van der Waals surface area (Å²) in [5.74, 6) is 0.333. The minimum Gasteiger partial charge on any atom is -0.484 e. The molecule has 1 amide bonds. The molecule has 0 aliphatic carbocycles. The molecule has 9 nitrogen and oxygen atoms in total. The number of benzene rings is 3. The molecule has 0 saturated heterocycles. The van der Waals surface area contributed by atoms with Gasteiger partial charge < -0.3 is 9.47 Å². The number of hydrogen-bond donors (Lipinski definition) is 1. The molecule has 0 saturated carbocycles. The van der Waals surface area contributed by atoms with Gasteiger partial charge in [-0.15, -0.1) is 0 Å². The van der Waals surface area contributed by atoms with E-state index in [4.69, 9.17) is 9.47 Å². The lowest BCUT2D eigenvalue weighted by molar-refractivity contribution is -0.384. The van der Waals surface area contributed by atoms with Crippen molar-refractivity contribution in [1.82, 2.24) is 5.43 Å². The maximum atomic E-state index is 12.2. The Morgan fingerprint density at radius 3 is 2.23 bits per heavy atom. The summed E-state index contributed by atoms with van der Waals surface area (Å²) < 4.78 is 10.7. The molecule has 1 N–H and O–H groups in total. The van der Waals surface area contributed by atoms with Crippen LogP contribution in [0.3, 0.4) is 0 Å². The summed E-state index contributed by atoms with van der Waals surface area (Å²) in [5.41, 5.74) is 4.37. The number of nitro benzene ring substituents is 1. The first-order valence-corrected chi connectivity index (χ1v) is 11.0. The zero-order valence-corrected chi connectivity index (χ0v) is 19.3. The monoisotopic (exact) mass is 475 g/mol. The number of esters is 1. The van der Waals surface area contributed by atoms with Gasteiger partial charge in [-0.25, -0.2) is 10.2 Å². The van der Waals surface area contributed by atoms with Crippen LogP contribution in [0.4, 0.5) is 5.69 Å². The molecular weight excluding hydrogens is 450 g/mol. The van der Waals surface area contributed by atoms with Crippen molar-refractivity contribution < 1.29 is 24.0 Å². The summed E-state index contributed by atoms with van der Waals surface area (Å²) in [6.07, 6.45) is 2.50. The Kier molecular flexibility index (Phi) is 8.66. The Labute approximate surface area is 202 Å². The van der Waals surface area contributed by atoms with Crippen LogP contribution in [-0.4, -0.2) is 29.6 Å². The van der Waals surface area contributed by atoms with Crippen molar-refractivity contribution in [2.75, 3.05) is 6.61 Å². The Morgan fingerprint density at radius 1 is 1.00 bits per heavy atom. The van der Waals surface area contributed by atoms with Crippen LogP contribution in [0.1, 0.15) is 47.7 Å². The van der Waals surface area contributed by atoms with Crippen LogP contribution in [0.15, 0.2) is 77.9 Å². The van der Waals surface area contributed by atoms with Gasteiger partial charge in [0.25, 0.3) is 11.6 Å². The third kappa shape index (κ3) is 7.50. The summed E-state index contributed by atoms with van der Waals surface area (Å²) in [5, 5.41) is 14.6. The van der Waals surface area contributed by atoms with E-state index in [1.807, 2.05) is 24.3 Å². The van der Waals surface area contributed by atoms with Gasteiger partial charge in [0.15, 0.2) is 6.61 Å². The van der Waals surface area contributed by atoms with E-state index in [1.165, 1.54) is 36.0 Å². The minimum absolute atomic E-state index is 0.112. The summed E-state index contributed by atoms with van der Waals surface area (Å²) in [7, 11) is 0. The molecule has 0 fully saturated rings. The number of rotatable bonds is 10. The van der Waals surface area contributed by atoms with Crippen molar-refractivity contribution in [1.29, 1.82) is 0 Å². The maximum absolute atomic E-state index is 12.2. The third-order valence-electron chi connectivity index (χ3n) is 5.24. The molecule has 0 aliphatic rings. The molecule has 3 rings (SSSR count). The number of ether oxygens (including phenoxy) is 2. The molecule has 0 radical (unpaired) electrons. The second kappa shape index (κ2) is 12.1. The third-order valence-corrected chi connectivity index (χ3v) is 5.24. The summed E-state index contributed by atoms with van der Waals surface area (Å²) in [6, 6.07) is 19.2. The SMILES string of the molecule is CC[C@@H](C)c1ccc(OCC(=O)N/N=C\c2ccc(OC(=O)c3ccc([N+](=O)[O-])cc3)cc2)cc1. The fraction of sp³-hybridized carbons (Fsp3) is 0.192. The first kappa shape index (κ1) is 25.1. The Morgan fingerprint density at radius 2 is 1.63 bits per heavy atom. The molecule has 35 heavy (non-hydrogen) atoms. The van der Waals surface area contributed by atoms with E-state index in [0.717, 1.165) is 6.42 Å². The number of hydrazone groups is 1. The lowest BCUT2D eigenvalue weighted by Crippen LogP contribution is -2.24. The van der Waals surface area contributed by atoms with Crippen molar-refractivity contribution in [3.63, 3.8) is 0 Å². The molecule has 9 heteroatoms. The first-order chi connectivity index (χ1) is 16.9. The van der Waals surface area contributed by atoms with Gasteiger partial charge in [0.1, 0.15) is 11.5 Å². The number of carbonyl (C=O) groups excluding carboxylic acids is 2. The smallest absolute Gasteiger partial charge is 0.343 e. The van der Waals surface area contributed by atoms with Gasteiger partial charge in [0, 0.05) is 12.1 Å². The molecule has 0 bridgehead atoms. The van der Waals surface area contributed by atoms with E-state index >= 15 is 0 Å². The van der Waals surface area contributed by atoms with Gasteiger partial charge >= 0.3 is 5.97 Å². The lowest BCUT2D eigenvalue weighted by atomic mass is 9.99.